The monoisotopic (exact) mass is 368 g/mol. The molecule has 6 nitrogen and oxygen atoms in total. The number of carbonyl (C=O) groups is 1. The molecule has 1 heterocycles. The van der Waals surface area contributed by atoms with E-state index in [-0.39, 0.29) is 5.91 Å². The van der Waals surface area contributed by atoms with Crippen LogP contribution in [0.1, 0.15) is 23.5 Å². The standard InChI is InChI=1S/C19H20N4O2S/c1-2-25-19-23-22-16(26-19)13-20-17(14-9-5-3-6-10-14)18(24)21-15-11-7-4-8-12-15/h3-12,17,20H,2,13H2,1H3,(H,21,24)/t17-/m0/s1. The minimum atomic E-state index is -0.504. The quantitative estimate of drug-likeness (QED) is 0.637. The van der Waals surface area contributed by atoms with Gasteiger partial charge in [-0.2, -0.15) is 0 Å². The summed E-state index contributed by atoms with van der Waals surface area (Å²) in [5.41, 5.74) is 1.64. The molecular weight excluding hydrogens is 348 g/mol. The van der Waals surface area contributed by atoms with Crippen molar-refractivity contribution in [1.29, 1.82) is 0 Å². The van der Waals surface area contributed by atoms with E-state index in [0.717, 1.165) is 16.3 Å². The van der Waals surface area contributed by atoms with Crippen molar-refractivity contribution < 1.29 is 9.53 Å². The first-order valence-corrected chi connectivity index (χ1v) is 9.17. The van der Waals surface area contributed by atoms with Gasteiger partial charge in [-0.1, -0.05) is 59.9 Å². The van der Waals surface area contributed by atoms with Gasteiger partial charge in [0.2, 0.25) is 5.91 Å². The van der Waals surface area contributed by atoms with Crippen LogP contribution in [0.15, 0.2) is 60.7 Å². The maximum atomic E-state index is 12.8. The Morgan fingerprint density at radius 3 is 2.46 bits per heavy atom. The Balaban J connectivity index is 1.71. The highest BCUT2D eigenvalue weighted by Crippen LogP contribution is 2.20. The largest absolute Gasteiger partial charge is 0.469 e. The predicted molar refractivity (Wildman–Crippen MR) is 102 cm³/mol. The minimum Gasteiger partial charge on any atom is -0.469 e. The van der Waals surface area contributed by atoms with Gasteiger partial charge in [0.05, 0.1) is 13.2 Å². The van der Waals surface area contributed by atoms with E-state index in [0.29, 0.717) is 18.3 Å². The van der Waals surface area contributed by atoms with E-state index in [2.05, 4.69) is 20.8 Å². The number of anilines is 1. The molecule has 0 fully saturated rings. The third kappa shape index (κ3) is 4.87. The molecule has 0 spiro atoms. The number of hydrogen-bond acceptors (Lipinski definition) is 6. The zero-order valence-electron chi connectivity index (χ0n) is 14.4. The molecule has 0 aliphatic carbocycles. The number of carbonyl (C=O) groups excluding carboxylic acids is 1. The van der Waals surface area contributed by atoms with Crippen LogP contribution in [0.25, 0.3) is 0 Å². The maximum absolute atomic E-state index is 12.8. The number of hydrogen-bond donors (Lipinski definition) is 2. The van der Waals surface area contributed by atoms with Gasteiger partial charge in [-0.3, -0.25) is 10.1 Å². The SMILES string of the molecule is CCOc1nnc(CN[C@H](C(=O)Nc2ccccc2)c2ccccc2)s1. The number of para-hydroxylation sites is 1. The number of nitrogens with one attached hydrogen (secondary N) is 2. The van der Waals surface area contributed by atoms with E-state index in [1.165, 1.54) is 11.3 Å². The lowest BCUT2D eigenvalue weighted by Crippen LogP contribution is -2.32. The van der Waals surface area contributed by atoms with Crippen molar-refractivity contribution >= 4 is 22.9 Å². The van der Waals surface area contributed by atoms with Crippen LogP contribution in [0.2, 0.25) is 0 Å². The van der Waals surface area contributed by atoms with Crippen LogP contribution >= 0.6 is 11.3 Å². The zero-order chi connectivity index (χ0) is 18.2. The molecule has 1 amide bonds. The second kappa shape index (κ2) is 9.07. The molecule has 0 saturated heterocycles. The third-order valence-electron chi connectivity index (χ3n) is 3.61. The first-order valence-electron chi connectivity index (χ1n) is 8.35. The van der Waals surface area contributed by atoms with Crippen LogP contribution in [0.3, 0.4) is 0 Å². The van der Waals surface area contributed by atoms with Crippen molar-refractivity contribution in [2.24, 2.45) is 0 Å². The first-order chi connectivity index (χ1) is 12.8. The summed E-state index contributed by atoms with van der Waals surface area (Å²) in [5.74, 6) is -0.128. The average molecular weight is 368 g/mol. The minimum absolute atomic E-state index is 0.128. The van der Waals surface area contributed by atoms with Crippen molar-refractivity contribution in [2.45, 2.75) is 19.5 Å². The average Bonchev–Trinajstić information content (AvgIpc) is 3.11. The van der Waals surface area contributed by atoms with Gasteiger partial charge in [-0.15, -0.1) is 10.2 Å². The lowest BCUT2D eigenvalue weighted by Gasteiger charge is -2.18. The Bertz CT molecular complexity index is 824. The van der Waals surface area contributed by atoms with Crippen LogP contribution in [-0.4, -0.2) is 22.7 Å². The van der Waals surface area contributed by atoms with Gasteiger partial charge in [0, 0.05) is 5.69 Å². The molecule has 2 aromatic carbocycles. The molecular formula is C19H20N4O2S. The van der Waals surface area contributed by atoms with Crippen LogP contribution in [0, 0.1) is 0 Å². The molecule has 0 aliphatic heterocycles. The second-order valence-corrected chi connectivity index (χ2v) is 6.50. The number of ether oxygens (including phenoxy) is 1. The summed E-state index contributed by atoms with van der Waals surface area (Å²) >= 11 is 1.37. The topological polar surface area (TPSA) is 76.1 Å². The van der Waals surface area contributed by atoms with Gasteiger partial charge in [0.15, 0.2) is 0 Å². The summed E-state index contributed by atoms with van der Waals surface area (Å²) in [6.07, 6.45) is 0. The van der Waals surface area contributed by atoms with Gasteiger partial charge in [0.25, 0.3) is 5.19 Å². The van der Waals surface area contributed by atoms with Gasteiger partial charge >= 0.3 is 0 Å². The lowest BCUT2D eigenvalue weighted by atomic mass is 10.1. The Kier molecular flexibility index (Phi) is 6.29. The summed E-state index contributed by atoms with van der Waals surface area (Å²) in [5, 5.41) is 15.6. The van der Waals surface area contributed by atoms with Crippen LogP contribution in [0.5, 0.6) is 5.19 Å². The smallest absolute Gasteiger partial charge is 0.294 e. The molecule has 3 aromatic rings. The van der Waals surface area contributed by atoms with Crippen molar-refractivity contribution in [1.82, 2.24) is 15.5 Å². The summed E-state index contributed by atoms with van der Waals surface area (Å²) in [6.45, 7) is 2.87. The van der Waals surface area contributed by atoms with Gasteiger partial charge < -0.3 is 10.1 Å². The molecule has 1 atom stereocenters. The van der Waals surface area contributed by atoms with Gasteiger partial charge in [0.1, 0.15) is 11.0 Å². The van der Waals surface area contributed by atoms with E-state index in [1.807, 2.05) is 67.6 Å². The first kappa shape index (κ1) is 18.0. The number of benzene rings is 2. The Morgan fingerprint density at radius 1 is 1.08 bits per heavy atom. The molecule has 134 valence electrons. The summed E-state index contributed by atoms with van der Waals surface area (Å²) in [6, 6.07) is 18.5. The van der Waals surface area contributed by atoms with E-state index < -0.39 is 6.04 Å². The van der Waals surface area contributed by atoms with E-state index >= 15 is 0 Å². The number of amides is 1. The molecule has 7 heteroatoms. The maximum Gasteiger partial charge on any atom is 0.294 e. The van der Waals surface area contributed by atoms with Crippen molar-refractivity contribution in [3.63, 3.8) is 0 Å². The molecule has 2 N–H and O–H groups in total. The van der Waals surface area contributed by atoms with Crippen molar-refractivity contribution in [2.75, 3.05) is 11.9 Å². The second-order valence-electron chi connectivity index (χ2n) is 5.47. The van der Waals surface area contributed by atoms with E-state index in [9.17, 15) is 4.79 Å². The van der Waals surface area contributed by atoms with Crippen LogP contribution in [-0.2, 0) is 11.3 Å². The lowest BCUT2D eigenvalue weighted by molar-refractivity contribution is -0.118. The summed E-state index contributed by atoms with van der Waals surface area (Å²) in [7, 11) is 0. The highest BCUT2D eigenvalue weighted by Gasteiger charge is 2.21. The normalized spacial score (nSPS) is 11.7. The predicted octanol–water partition coefficient (Wildman–Crippen LogP) is 3.41. The van der Waals surface area contributed by atoms with Crippen molar-refractivity contribution in [3.8, 4) is 5.19 Å². The highest BCUT2D eigenvalue weighted by atomic mass is 32.1. The molecule has 1 aromatic heterocycles. The summed E-state index contributed by atoms with van der Waals surface area (Å²) < 4.78 is 5.34. The van der Waals surface area contributed by atoms with Crippen LogP contribution < -0.4 is 15.4 Å². The zero-order valence-corrected chi connectivity index (χ0v) is 15.2. The molecule has 0 radical (unpaired) electrons. The Hall–Kier alpha value is -2.77. The van der Waals surface area contributed by atoms with Gasteiger partial charge in [-0.25, -0.2) is 0 Å². The van der Waals surface area contributed by atoms with Crippen LogP contribution in [0.4, 0.5) is 5.69 Å². The van der Waals surface area contributed by atoms with E-state index in [4.69, 9.17) is 4.74 Å². The fourth-order valence-corrected chi connectivity index (χ4v) is 3.12. The highest BCUT2D eigenvalue weighted by molar-refractivity contribution is 7.13. The third-order valence-corrected chi connectivity index (χ3v) is 4.45. The molecule has 26 heavy (non-hydrogen) atoms. The van der Waals surface area contributed by atoms with E-state index in [1.54, 1.807) is 0 Å². The fourth-order valence-electron chi connectivity index (χ4n) is 2.42. The van der Waals surface area contributed by atoms with Crippen molar-refractivity contribution in [3.05, 3.63) is 71.2 Å². The Labute approximate surface area is 156 Å². The molecule has 3 rings (SSSR count). The molecule has 0 unspecified atom stereocenters. The molecule has 0 saturated carbocycles. The van der Waals surface area contributed by atoms with Gasteiger partial charge in [-0.05, 0) is 24.6 Å². The molecule has 0 bridgehead atoms. The number of rotatable bonds is 8. The summed E-state index contributed by atoms with van der Waals surface area (Å²) in [4.78, 5) is 12.8. The number of nitrogens with zero attached hydrogens (tertiary/aromatic N) is 2. The number of aromatic nitrogens is 2. The fraction of sp³-hybridized carbons (Fsp3) is 0.211. The Morgan fingerprint density at radius 2 is 1.77 bits per heavy atom. The molecule has 0 aliphatic rings.